The monoisotopic (exact) mass is 413 g/mol. The average molecular weight is 414 g/mol. The summed E-state index contributed by atoms with van der Waals surface area (Å²) in [6.45, 7) is 2.59. The Morgan fingerprint density at radius 2 is 2.10 bits per heavy atom. The third kappa shape index (κ3) is 5.95. The summed E-state index contributed by atoms with van der Waals surface area (Å²) in [7, 11) is 0. The lowest BCUT2D eigenvalue weighted by Crippen LogP contribution is -2.50. The predicted octanol–water partition coefficient (Wildman–Crippen LogP) is 1.03. The zero-order valence-corrected chi connectivity index (χ0v) is 16.9. The number of carbonyl (C=O) groups excluding carboxylic acids is 3. The van der Waals surface area contributed by atoms with Crippen LogP contribution in [-0.4, -0.2) is 58.3 Å². The number of amides is 3. The summed E-state index contributed by atoms with van der Waals surface area (Å²) in [5.74, 6) is -0.846. The Bertz CT molecular complexity index is 870. The molecule has 0 spiro atoms. The minimum absolute atomic E-state index is 0.0670. The summed E-state index contributed by atoms with van der Waals surface area (Å²) in [5, 5.41) is 7.19. The fourth-order valence-electron chi connectivity index (χ4n) is 3.00. The molecule has 3 heterocycles. The third-order valence-electron chi connectivity index (χ3n) is 4.60. The van der Waals surface area contributed by atoms with Crippen LogP contribution in [0, 0.1) is 5.92 Å². The SMILES string of the molecule is CC(Cc1ccncc1)C(=O)NC1C=CCN(C(=O)CNC(=O)c2cscn2)C1. The number of aromatic nitrogens is 2. The molecular weight excluding hydrogens is 390 g/mol. The Morgan fingerprint density at radius 3 is 2.83 bits per heavy atom. The van der Waals surface area contributed by atoms with E-state index in [0.717, 1.165) is 5.56 Å². The van der Waals surface area contributed by atoms with Gasteiger partial charge in [0.15, 0.2) is 0 Å². The van der Waals surface area contributed by atoms with E-state index in [1.165, 1.54) is 11.3 Å². The first-order valence-electron chi connectivity index (χ1n) is 9.33. The highest BCUT2D eigenvalue weighted by atomic mass is 32.1. The van der Waals surface area contributed by atoms with E-state index in [1.807, 2.05) is 31.2 Å². The molecule has 0 saturated heterocycles. The Hall–Kier alpha value is -3.07. The molecule has 1 aliphatic heterocycles. The number of pyridine rings is 1. The van der Waals surface area contributed by atoms with E-state index >= 15 is 0 Å². The molecule has 0 fully saturated rings. The summed E-state index contributed by atoms with van der Waals surface area (Å²) in [4.78, 5) is 46.4. The maximum atomic E-state index is 12.5. The van der Waals surface area contributed by atoms with Crippen LogP contribution in [0.5, 0.6) is 0 Å². The van der Waals surface area contributed by atoms with Gasteiger partial charge in [-0.3, -0.25) is 19.4 Å². The third-order valence-corrected chi connectivity index (χ3v) is 5.18. The van der Waals surface area contributed by atoms with Gasteiger partial charge >= 0.3 is 0 Å². The van der Waals surface area contributed by atoms with Crippen molar-refractivity contribution in [3.8, 4) is 0 Å². The Balaban J connectivity index is 1.46. The number of nitrogens with one attached hydrogen (secondary N) is 2. The van der Waals surface area contributed by atoms with Gasteiger partial charge in [-0.25, -0.2) is 4.98 Å². The second kappa shape index (κ2) is 9.92. The zero-order chi connectivity index (χ0) is 20.6. The van der Waals surface area contributed by atoms with Crippen molar-refractivity contribution in [1.82, 2.24) is 25.5 Å². The molecule has 2 aromatic heterocycles. The molecule has 2 unspecified atom stereocenters. The first-order valence-corrected chi connectivity index (χ1v) is 10.3. The van der Waals surface area contributed by atoms with Gasteiger partial charge in [-0.05, 0) is 24.1 Å². The number of nitrogens with zero attached hydrogens (tertiary/aromatic N) is 3. The summed E-state index contributed by atoms with van der Waals surface area (Å²) in [5.41, 5.74) is 2.92. The van der Waals surface area contributed by atoms with E-state index in [0.29, 0.717) is 25.2 Å². The van der Waals surface area contributed by atoms with E-state index in [9.17, 15) is 14.4 Å². The van der Waals surface area contributed by atoms with Gasteiger partial charge in [0.05, 0.1) is 18.1 Å². The summed E-state index contributed by atoms with van der Waals surface area (Å²) in [6.07, 6.45) is 7.79. The number of rotatable bonds is 7. The molecule has 3 rings (SSSR count). The predicted molar refractivity (Wildman–Crippen MR) is 109 cm³/mol. The van der Waals surface area contributed by atoms with Crippen LogP contribution >= 0.6 is 11.3 Å². The maximum Gasteiger partial charge on any atom is 0.271 e. The molecular formula is C20H23N5O3S. The highest BCUT2D eigenvalue weighted by Gasteiger charge is 2.23. The zero-order valence-electron chi connectivity index (χ0n) is 16.1. The summed E-state index contributed by atoms with van der Waals surface area (Å²) < 4.78 is 0. The van der Waals surface area contributed by atoms with Gasteiger partial charge in [-0.2, -0.15) is 0 Å². The highest BCUT2D eigenvalue weighted by molar-refractivity contribution is 7.07. The average Bonchev–Trinajstić information content (AvgIpc) is 3.27. The van der Waals surface area contributed by atoms with Crippen molar-refractivity contribution in [3.05, 3.63) is 58.8 Å². The number of carbonyl (C=O) groups is 3. The van der Waals surface area contributed by atoms with Crippen molar-refractivity contribution in [2.75, 3.05) is 19.6 Å². The molecule has 0 radical (unpaired) electrons. The molecule has 152 valence electrons. The Morgan fingerprint density at radius 1 is 1.31 bits per heavy atom. The molecule has 2 atom stereocenters. The molecule has 3 amide bonds. The van der Waals surface area contributed by atoms with Gasteiger partial charge in [0, 0.05) is 36.8 Å². The van der Waals surface area contributed by atoms with E-state index in [4.69, 9.17) is 0 Å². The molecule has 8 nitrogen and oxygen atoms in total. The summed E-state index contributed by atoms with van der Waals surface area (Å²) in [6, 6.07) is 3.53. The fourth-order valence-corrected chi connectivity index (χ4v) is 3.53. The highest BCUT2D eigenvalue weighted by Crippen LogP contribution is 2.10. The van der Waals surface area contributed by atoms with Gasteiger partial charge in [0.1, 0.15) is 5.69 Å². The minimum Gasteiger partial charge on any atom is -0.348 e. The quantitative estimate of drug-likeness (QED) is 0.660. The van der Waals surface area contributed by atoms with Gasteiger partial charge in [0.2, 0.25) is 11.8 Å². The van der Waals surface area contributed by atoms with Gasteiger partial charge < -0.3 is 15.5 Å². The van der Waals surface area contributed by atoms with Crippen LogP contribution in [0.1, 0.15) is 23.0 Å². The van der Waals surface area contributed by atoms with E-state index in [1.54, 1.807) is 28.2 Å². The Kier molecular flexibility index (Phi) is 7.07. The van der Waals surface area contributed by atoms with Crippen molar-refractivity contribution >= 4 is 29.1 Å². The van der Waals surface area contributed by atoms with Crippen molar-refractivity contribution in [3.63, 3.8) is 0 Å². The van der Waals surface area contributed by atoms with Crippen LogP contribution < -0.4 is 10.6 Å². The van der Waals surface area contributed by atoms with E-state index < -0.39 is 0 Å². The van der Waals surface area contributed by atoms with Crippen molar-refractivity contribution < 1.29 is 14.4 Å². The molecule has 2 aromatic rings. The fraction of sp³-hybridized carbons (Fsp3) is 0.350. The molecule has 0 bridgehead atoms. The standard InChI is InChI=1S/C20H23N5O3S/c1-14(9-15-4-6-21-7-5-15)19(27)24-16-3-2-8-25(11-16)18(26)10-22-20(28)17-12-29-13-23-17/h2-7,12-14,16H,8-11H2,1H3,(H,22,28)(H,24,27). The largest absolute Gasteiger partial charge is 0.348 e. The summed E-state index contributed by atoms with van der Waals surface area (Å²) >= 11 is 1.32. The molecule has 29 heavy (non-hydrogen) atoms. The lowest BCUT2D eigenvalue weighted by Gasteiger charge is -2.30. The van der Waals surface area contributed by atoms with Crippen molar-refractivity contribution in [2.45, 2.75) is 19.4 Å². The van der Waals surface area contributed by atoms with Crippen LogP contribution in [0.15, 0.2) is 47.6 Å². The van der Waals surface area contributed by atoms with Crippen LogP contribution in [0.2, 0.25) is 0 Å². The van der Waals surface area contributed by atoms with Crippen LogP contribution in [0.4, 0.5) is 0 Å². The topological polar surface area (TPSA) is 104 Å². The number of thiazole rings is 1. The smallest absolute Gasteiger partial charge is 0.271 e. The molecule has 1 aliphatic rings. The number of hydrogen-bond donors (Lipinski definition) is 2. The minimum atomic E-state index is -0.373. The normalized spacial score (nSPS) is 16.9. The second-order valence-corrected chi connectivity index (χ2v) is 7.58. The maximum absolute atomic E-state index is 12.5. The van der Waals surface area contributed by atoms with Gasteiger partial charge in [-0.1, -0.05) is 19.1 Å². The van der Waals surface area contributed by atoms with Crippen molar-refractivity contribution in [1.29, 1.82) is 0 Å². The van der Waals surface area contributed by atoms with Gasteiger partial charge in [0.25, 0.3) is 5.91 Å². The molecule has 0 saturated carbocycles. The lowest BCUT2D eigenvalue weighted by molar-refractivity contribution is -0.131. The number of hydrogen-bond acceptors (Lipinski definition) is 6. The first kappa shape index (κ1) is 20.7. The first-order chi connectivity index (χ1) is 14.0. The van der Waals surface area contributed by atoms with Gasteiger partial charge in [-0.15, -0.1) is 11.3 Å². The lowest BCUT2D eigenvalue weighted by atomic mass is 10.0. The van der Waals surface area contributed by atoms with Crippen molar-refractivity contribution in [2.24, 2.45) is 5.92 Å². The molecule has 0 aromatic carbocycles. The van der Waals surface area contributed by atoms with E-state index in [-0.39, 0.29) is 36.2 Å². The second-order valence-electron chi connectivity index (χ2n) is 6.86. The van der Waals surface area contributed by atoms with E-state index in [2.05, 4.69) is 20.6 Å². The van der Waals surface area contributed by atoms with Crippen LogP contribution in [0.3, 0.4) is 0 Å². The van der Waals surface area contributed by atoms with Crippen LogP contribution in [0.25, 0.3) is 0 Å². The van der Waals surface area contributed by atoms with Crippen LogP contribution in [-0.2, 0) is 16.0 Å². The molecule has 2 N–H and O–H groups in total. The molecule has 0 aliphatic carbocycles. The molecule has 9 heteroatoms. The Labute approximate surface area is 173 Å².